The number of halogens is 2. The summed E-state index contributed by atoms with van der Waals surface area (Å²) in [5, 5.41) is 2.96. The lowest BCUT2D eigenvalue weighted by Crippen LogP contribution is -2.57. The molecule has 3 N–H and O–H groups in total. The van der Waals surface area contributed by atoms with Gasteiger partial charge in [0.1, 0.15) is 0 Å². The van der Waals surface area contributed by atoms with Crippen LogP contribution in [0, 0.1) is 17.8 Å². The minimum atomic E-state index is -0.167. The molecule has 0 aromatic heterocycles. The summed E-state index contributed by atoms with van der Waals surface area (Å²) < 4.78 is 4.99. The first kappa shape index (κ1) is 25.4. The predicted molar refractivity (Wildman–Crippen MR) is 114 cm³/mol. The van der Waals surface area contributed by atoms with Crippen LogP contribution < -0.4 is 11.1 Å². The molecular formula is C19H36Cl2N4O3. The van der Waals surface area contributed by atoms with Crippen molar-refractivity contribution in [3.8, 4) is 0 Å². The van der Waals surface area contributed by atoms with E-state index in [0.29, 0.717) is 38.1 Å². The Morgan fingerprint density at radius 3 is 2.36 bits per heavy atom. The fourth-order valence-corrected chi connectivity index (χ4v) is 4.98. The Morgan fingerprint density at radius 2 is 1.79 bits per heavy atom. The molecule has 3 fully saturated rings. The molecule has 0 spiro atoms. The van der Waals surface area contributed by atoms with Gasteiger partial charge in [0.05, 0.1) is 12.0 Å². The van der Waals surface area contributed by atoms with Crippen LogP contribution in [0.15, 0.2) is 0 Å². The molecule has 0 aromatic rings. The molecule has 2 bridgehead atoms. The third-order valence-electron chi connectivity index (χ3n) is 6.64. The molecule has 3 rings (SSSR count). The predicted octanol–water partition coefficient (Wildman–Crippen LogP) is 0.889. The van der Waals surface area contributed by atoms with Gasteiger partial charge in [0, 0.05) is 52.5 Å². The number of nitrogens with two attached hydrogens (primary N) is 1. The molecule has 2 amide bonds. The number of fused-ring (bicyclic) bond motifs is 2. The molecule has 1 saturated heterocycles. The number of ether oxygens (including phenoxy) is 1. The molecule has 164 valence electrons. The van der Waals surface area contributed by atoms with Crippen molar-refractivity contribution in [2.24, 2.45) is 23.5 Å². The van der Waals surface area contributed by atoms with Crippen molar-refractivity contribution >= 4 is 36.6 Å². The van der Waals surface area contributed by atoms with Crippen molar-refractivity contribution < 1.29 is 14.3 Å². The SMILES string of the molecule is COCCCNC(=O)C(C)N1CCN(C(=O)C2C3CCC(C3)C2N)CC1.Cl.Cl. The zero-order valence-corrected chi connectivity index (χ0v) is 18.6. The highest BCUT2D eigenvalue weighted by Gasteiger charge is 2.50. The third kappa shape index (κ3) is 5.51. The van der Waals surface area contributed by atoms with Gasteiger partial charge in [0.2, 0.25) is 11.8 Å². The Labute approximate surface area is 180 Å². The first-order valence-corrected chi connectivity index (χ1v) is 10.1. The van der Waals surface area contributed by atoms with E-state index in [1.54, 1.807) is 7.11 Å². The van der Waals surface area contributed by atoms with Gasteiger partial charge in [-0.25, -0.2) is 0 Å². The molecule has 1 aliphatic heterocycles. The van der Waals surface area contributed by atoms with Crippen LogP contribution in [0.4, 0.5) is 0 Å². The summed E-state index contributed by atoms with van der Waals surface area (Å²) in [5.41, 5.74) is 6.34. The normalized spacial score (nSPS) is 30.3. The van der Waals surface area contributed by atoms with Crippen molar-refractivity contribution in [2.45, 2.75) is 44.7 Å². The number of nitrogens with one attached hydrogen (secondary N) is 1. The summed E-state index contributed by atoms with van der Waals surface area (Å²) >= 11 is 0. The van der Waals surface area contributed by atoms with Crippen LogP contribution in [0.2, 0.25) is 0 Å². The zero-order chi connectivity index (χ0) is 18.7. The molecule has 5 atom stereocenters. The van der Waals surface area contributed by atoms with E-state index in [1.165, 1.54) is 6.42 Å². The van der Waals surface area contributed by atoms with E-state index in [2.05, 4.69) is 10.2 Å². The van der Waals surface area contributed by atoms with Gasteiger partial charge in [-0.15, -0.1) is 24.8 Å². The van der Waals surface area contributed by atoms with E-state index in [9.17, 15) is 9.59 Å². The summed E-state index contributed by atoms with van der Waals surface area (Å²) in [6, 6.07) is -0.115. The van der Waals surface area contributed by atoms with Crippen molar-refractivity contribution in [1.29, 1.82) is 0 Å². The summed E-state index contributed by atoms with van der Waals surface area (Å²) in [7, 11) is 1.66. The van der Waals surface area contributed by atoms with E-state index in [4.69, 9.17) is 10.5 Å². The van der Waals surface area contributed by atoms with Gasteiger partial charge >= 0.3 is 0 Å². The maximum absolute atomic E-state index is 13.0. The molecule has 3 aliphatic rings. The molecular weight excluding hydrogens is 403 g/mol. The fourth-order valence-electron chi connectivity index (χ4n) is 4.98. The molecule has 0 radical (unpaired) electrons. The average Bonchev–Trinajstić information content (AvgIpc) is 3.25. The van der Waals surface area contributed by atoms with Gasteiger partial charge in [-0.05, 0) is 44.4 Å². The first-order valence-electron chi connectivity index (χ1n) is 10.1. The summed E-state index contributed by atoms with van der Waals surface area (Å²) in [4.78, 5) is 29.4. The Kier molecular flexibility index (Phi) is 10.5. The molecule has 5 unspecified atom stereocenters. The minimum Gasteiger partial charge on any atom is -0.385 e. The highest BCUT2D eigenvalue weighted by Crippen LogP contribution is 2.48. The lowest BCUT2D eigenvalue weighted by atomic mass is 9.84. The summed E-state index contributed by atoms with van der Waals surface area (Å²) in [6.45, 7) is 6.11. The van der Waals surface area contributed by atoms with Crippen molar-refractivity contribution in [1.82, 2.24) is 15.1 Å². The van der Waals surface area contributed by atoms with E-state index < -0.39 is 0 Å². The third-order valence-corrected chi connectivity index (χ3v) is 6.64. The van der Waals surface area contributed by atoms with Gasteiger partial charge in [-0.3, -0.25) is 14.5 Å². The Bertz CT molecular complexity index is 515. The van der Waals surface area contributed by atoms with E-state index >= 15 is 0 Å². The largest absolute Gasteiger partial charge is 0.385 e. The number of hydrogen-bond acceptors (Lipinski definition) is 5. The summed E-state index contributed by atoms with van der Waals surface area (Å²) in [6.07, 6.45) is 4.31. The van der Waals surface area contributed by atoms with Gasteiger partial charge in [-0.1, -0.05) is 0 Å². The smallest absolute Gasteiger partial charge is 0.237 e. The molecule has 2 aliphatic carbocycles. The standard InChI is InChI=1S/C19H34N4O3.2ClH/c1-13(18(24)21-6-3-11-26-2)22-7-9-23(10-8-22)19(25)16-14-4-5-15(12-14)17(16)20;;/h13-17H,3-12,20H2,1-2H3,(H,21,24);2*1H. The van der Waals surface area contributed by atoms with Gasteiger partial charge in [-0.2, -0.15) is 0 Å². The van der Waals surface area contributed by atoms with Gasteiger partial charge in [0.25, 0.3) is 0 Å². The number of amides is 2. The minimum absolute atomic E-state index is 0. The molecule has 0 aromatic carbocycles. The highest BCUT2D eigenvalue weighted by atomic mass is 35.5. The Hall–Kier alpha value is -0.600. The van der Waals surface area contributed by atoms with Crippen LogP contribution in [-0.2, 0) is 14.3 Å². The number of carbonyl (C=O) groups excluding carboxylic acids is 2. The number of methoxy groups -OCH3 is 1. The van der Waals surface area contributed by atoms with Crippen LogP contribution in [0.25, 0.3) is 0 Å². The Balaban J connectivity index is 0.00000196. The number of carbonyl (C=O) groups is 2. The average molecular weight is 439 g/mol. The van der Waals surface area contributed by atoms with E-state index in [0.717, 1.165) is 32.4 Å². The van der Waals surface area contributed by atoms with Gasteiger partial charge in [0.15, 0.2) is 0 Å². The number of rotatable bonds is 7. The van der Waals surface area contributed by atoms with Crippen LogP contribution in [-0.4, -0.2) is 80.1 Å². The van der Waals surface area contributed by atoms with Crippen molar-refractivity contribution in [3.05, 3.63) is 0 Å². The van der Waals surface area contributed by atoms with Gasteiger partial charge < -0.3 is 20.7 Å². The van der Waals surface area contributed by atoms with Crippen LogP contribution >= 0.6 is 24.8 Å². The first-order chi connectivity index (χ1) is 12.5. The fraction of sp³-hybridized carbons (Fsp3) is 0.895. The molecule has 9 heteroatoms. The number of hydrogen-bond donors (Lipinski definition) is 2. The maximum atomic E-state index is 13.0. The summed E-state index contributed by atoms with van der Waals surface area (Å²) in [5.74, 6) is 1.38. The topological polar surface area (TPSA) is 87.9 Å². The quantitative estimate of drug-likeness (QED) is 0.576. The monoisotopic (exact) mass is 438 g/mol. The number of piperazine rings is 1. The van der Waals surface area contributed by atoms with Crippen molar-refractivity contribution in [3.63, 3.8) is 0 Å². The highest BCUT2D eigenvalue weighted by molar-refractivity contribution is 5.85. The molecule has 7 nitrogen and oxygen atoms in total. The lowest BCUT2D eigenvalue weighted by Gasteiger charge is -2.40. The molecule has 1 heterocycles. The second-order valence-corrected chi connectivity index (χ2v) is 8.11. The molecule has 2 saturated carbocycles. The zero-order valence-electron chi connectivity index (χ0n) is 17.0. The van der Waals surface area contributed by atoms with E-state index in [1.807, 2.05) is 11.8 Å². The van der Waals surface area contributed by atoms with Crippen molar-refractivity contribution in [2.75, 3.05) is 46.4 Å². The second kappa shape index (κ2) is 11.6. The van der Waals surface area contributed by atoms with Crippen LogP contribution in [0.3, 0.4) is 0 Å². The number of nitrogens with zero attached hydrogens (tertiary/aromatic N) is 2. The molecule has 28 heavy (non-hydrogen) atoms. The second-order valence-electron chi connectivity index (χ2n) is 8.11. The Morgan fingerprint density at radius 1 is 1.14 bits per heavy atom. The van der Waals surface area contributed by atoms with E-state index in [-0.39, 0.29) is 54.6 Å². The maximum Gasteiger partial charge on any atom is 0.237 e. The van der Waals surface area contributed by atoms with Crippen LogP contribution in [0.1, 0.15) is 32.6 Å². The lowest BCUT2D eigenvalue weighted by molar-refractivity contribution is -0.140. The van der Waals surface area contributed by atoms with Crippen LogP contribution in [0.5, 0.6) is 0 Å².